The molecule has 130 valence electrons. The first-order valence-electron chi connectivity index (χ1n) is 8.40. The first kappa shape index (κ1) is 18.1. The lowest BCUT2D eigenvalue weighted by Gasteiger charge is -2.30. The van der Waals surface area contributed by atoms with E-state index in [1.54, 1.807) is 18.1 Å². The number of amides is 1. The van der Waals surface area contributed by atoms with Gasteiger partial charge in [0, 0.05) is 25.3 Å². The average Bonchev–Trinajstić information content (AvgIpc) is 3.12. The fraction of sp³-hybridized carbons (Fsp3) is 0.500. The molecule has 0 saturated carbocycles. The van der Waals surface area contributed by atoms with Crippen LogP contribution in [0.15, 0.2) is 36.9 Å². The molecular weight excluding hydrogens is 304 g/mol. The summed E-state index contributed by atoms with van der Waals surface area (Å²) in [5, 5.41) is 4.09. The zero-order chi connectivity index (χ0) is 17.4. The molecule has 24 heavy (non-hydrogen) atoms. The molecular formula is C18H26N4O2. The molecule has 0 bridgehead atoms. The van der Waals surface area contributed by atoms with Crippen molar-refractivity contribution in [3.05, 3.63) is 48.0 Å². The molecule has 0 atom stereocenters. The molecule has 0 N–H and O–H groups in total. The minimum Gasteiger partial charge on any atom is -0.383 e. The van der Waals surface area contributed by atoms with Gasteiger partial charge in [0.1, 0.15) is 12.7 Å². The lowest BCUT2D eigenvalue weighted by Crippen LogP contribution is -2.41. The topological polar surface area (TPSA) is 60.2 Å². The third-order valence-electron chi connectivity index (χ3n) is 4.19. The highest BCUT2D eigenvalue weighted by atomic mass is 16.5. The van der Waals surface area contributed by atoms with Crippen LogP contribution in [-0.2, 0) is 11.3 Å². The molecule has 0 fully saturated rings. The largest absolute Gasteiger partial charge is 0.383 e. The Morgan fingerprint density at radius 2 is 1.96 bits per heavy atom. The van der Waals surface area contributed by atoms with Crippen LogP contribution >= 0.6 is 0 Å². The van der Waals surface area contributed by atoms with Crippen LogP contribution in [0.2, 0.25) is 0 Å². The van der Waals surface area contributed by atoms with Gasteiger partial charge in [-0.05, 0) is 30.5 Å². The zero-order valence-corrected chi connectivity index (χ0v) is 14.7. The van der Waals surface area contributed by atoms with Crippen LogP contribution in [0.25, 0.3) is 0 Å². The molecule has 0 aliphatic heterocycles. The van der Waals surface area contributed by atoms with Gasteiger partial charge in [-0.2, -0.15) is 5.10 Å². The van der Waals surface area contributed by atoms with Gasteiger partial charge in [0.15, 0.2) is 0 Å². The van der Waals surface area contributed by atoms with E-state index in [1.165, 1.54) is 6.33 Å². The van der Waals surface area contributed by atoms with E-state index in [4.69, 9.17) is 4.74 Å². The molecule has 2 rings (SSSR count). The Labute approximate surface area is 143 Å². The Bertz CT molecular complexity index is 606. The van der Waals surface area contributed by atoms with Crippen LogP contribution in [0.1, 0.15) is 42.6 Å². The van der Waals surface area contributed by atoms with E-state index in [0.29, 0.717) is 25.3 Å². The number of hydrogen-bond acceptors (Lipinski definition) is 4. The normalized spacial score (nSPS) is 11.0. The summed E-state index contributed by atoms with van der Waals surface area (Å²) in [6.07, 6.45) is 5.08. The van der Waals surface area contributed by atoms with E-state index in [0.717, 1.165) is 18.4 Å². The summed E-state index contributed by atoms with van der Waals surface area (Å²) in [6.45, 7) is 6.04. The molecule has 1 amide bonds. The lowest BCUT2D eigenvalue weighted by molar-refractivity contribution is 0.0589. The average molecular weight is 330 g/mol. The van der Waals surface area contributed by atoms with E-state index >= 15 is 0 Å². The Balaban J connectivity index is 2.10. The highest BCUT2D eigenvalue weighted by molar-refractivity contribution is 5.94. The van der Waals surface area contributed by atoms with Gasteiger partial charge in [-0.15, -0.1) is 0 Å². The third kappa shape index (κ3) is 4.64. The lowest BCUT2D eigenvalue weighted by atomic mass is 10.1. The molecule has 0 unspecified atom stereocenters. The van der Waals surface area contributed by atoms with Gasteiger partial charge in [-0.1, -0.05) is 26.0 Å². The Morgan fingerprint density at radius 3 is 2.50 bits per heavy atom. The standard InChI is InChI=1S/C18H26N4O2/c1-4-17(5-2)22(10-11-24-3)18(23)16-8-6-15(7-9-16)12-21-14-19-13-20-21/h6-9,13-14,17H,4-5,10-12H2,1-3H3. The molecule has 1 aromatic carbocycles. The molecule has 1 heterocycles. The second kappa shape index (κ2) is 9.17. The summed E-state index contributed by atoms with van der Waals surface area (Å²) in [5.41, 5.74) is 1.79. The first-order valence-corrected chi connectivity index (χ1v) is 8.40. The molecule has 2 aromatic rings. The minimum atomic E-state index is 0.0630. The second-order valence-electron chi connectivity index (χ2n) is 5.75. The Kier molecular flexibility index (Phi) is 6.93. The number of benzene rings is 1. The van der Waals surface area contributed by atoms with E-state index in [2.05, 4.69) is 23.9 Å². The predicted molar refractivity (Wildman–Crippen MR) is 92.8 cm³/mol. The summed E-state index contributed by atoms with van der Waals surface area (Å²) in [7, 11) is 1.66. The highest BCUT2D eigenvalue weighted by Crippen LogP contribution is 2.15. The van der Waals surface area contributed by atoms with Crippen molar-refractivity contribution >= 4 is 5.91 Å². The monoisotopic (exact) mass is 330 g/mol. The fourth-order valence-corrected chi connectivity index (χ4v) is 2.79. The summed E-state index contributed by atoms with van der Waals surface area (Å²) >= 11 is 0. The van der Waals surface area contributed by atoms with Gasteiger partial charge in [-0.25, -0.2) is 9.67 Å². The van der Waals surface area contributed by atoms with E-state index in [-0.39, 0.29) is 11.9 Å². The van der Waals surface area contributed by atoms with Crippen LogP contribution in [-0.4, -0.2) is 51.9 Å². The second-order valence-corrected chi connectivity index (χ2v) is 5.75. The van der Waals surface area contributed by atoms with E-state index in [9.17, 15) is 4.79 Å². The van der Waals surface area contributed by atoms with Crippen molar-refractivity contribution in [2.45, 2.75) is 39.3 Å². The van der Waals surface area contributed by atoms with E-state index < -0.39 is 0 Å². The number of carbonyl (C=O) groups excluding carboxylic acids is 1. The van der Waals surface area contributed by atoms with Crippen molar-refractivity contribution in [2.24, 2.45) is 0 Å². The fourth-order valence-electron chi connectivity index (χ4n) is 2.79. The molecule has 0 spiro atoms. The summed E-state index contributed by atoms with van der Waals surface area (Å²) < 4.78 is 6.92. The van der Waals surface area contributed by atoms with Gasteiger partial charge in [0.25, 0.3) is 5.91 Å². The molecule has 6 nitrogen and oxygen atoms in total. The van der Waals surface area contributed by atoms with Crippen molar-refractivity contribution in [3.8, 4) is 0 Å². The highest BCUT2D eigenvalue weighted by Gasteiger charge is 2.22. The van der Waals surface area contributed by atoms with Gasteiger partial charge in [0.2, 0.25) is 0 Å². The zero-order valence-electron chi connectivity index (χ0n) is 14.7. The van der Waals surface area contributed by atoms with Crippen molar-refractivity contribution in [3.63, 3.8) is 0 Å². The maximum Gasteiger partial charge on any atom is 0.254 e. The minimum absolute atomic E-state index is 0.0630. The first-order chi connectivity index (χ1) is 11.7. The number of nitrogens with zero attached hydrogens (tertiary/aromatic N) is 4. The van der Waals surface area contributed by atoms with Crippen LogP contribution < -0.4 is 0 Å². The number of ether oxygens (including phenoxy) is 1. The maximum atomic E-state index is 12.9. The van der Waals surface area contributed by atoms with Crippen LogP contribution in [0.5, 0.6) is 0 Å². The quantitative estimate of drug-likeness (QED) is 0.709. The van der Waals surface area contributed by atoms with Gasteiger partial charge in [0.05, 0.1) is 13.2 Å². The molecule has 0 saturated heterocycles. The molecule has 0 aliphatic carbocycles. The van der Waals surface area contributed by atoms with Crippen LogP contribution in [0, 0.1) is 0 Å². The summed E-state index contributed by atoms with van der Waals surface area (Å²) in [6, 6.07) is 7.95. The van der Waals surface area contributed by atoms with Crippen LogP contribution in [0.3, 0.4) is 0 Å². The third-order valence-corrected chi connectivity index (χ3v) is 4.19. The van der Waals surface area contributed by atoms with Crippen molar-refractivity contribution in [2.75, 3.05) is 20.3 Å². The van der Waals surface area contributed by atoms with Crippen molar-refractivity contribution in [1.29, 1.82) is 0 Å². The van der Waals surface area contributed by atoms with Gasteiger partial charge >= 0.3 is 0 Å². The number of carbonyl (C=O) groups is 1. The number of hydrogen-bond donors (Lipinski definition) is 0. The molecule has 0 aliphatic rings. The van der Waals surface area contributed by atoms with Crippen molar-refractivity contribution in [1.82, 2.24) is 19.7 Å². The number of aromatic nitrogens is 3. The molecule has 0 radical (unpaired) electrons. The summed E-state index contributed by atoms with van der Waals surface area (Å²) in [5.74, 6) is 0.0630. The smallest absolute Gasteiger partial charge is 0.254 e. The number of methoxy groups -OCH3 is 1. The summed E-state index contributed by atoms with van der Waals surface area (Å²) in [4.78, 5) is 18.7. The van der Waals surface area contributed by atoms with Crippen molar-refractivity contribution < 1.29 is 9.53 Å². The predicted octanol–water partition coefficient (Wildman–Crippen LogP) is 2.60. The molecule has 6 heteroatoms. The maximum absolute atomic E-state index is 12.9. The Morgan fingerprint density at radius 1 is 1.25 bits per heavy atom. The van der Waals surface area contributed by atoms with Gasteiger partial charge in [-0.3, -0.25) is 4.79 Å². The molecule has 1 aromatic heterocycles. The SMILES string of the molecule is CCC(CC)N(CCOC)C(=O)c1ccc(Cn2cncn2)cc1. The van der Waals surface area contributed by atoms with Gasteiger partial charge < -0.3 is 9.64 Å². The number of rotatable bonds is 9. The Hall–Kier alpha value is -2.21. The van der Waals surface area contributed by atoms with E-state index in [1.807, 2.05) is 29.2 Å². The van der Waals surface area contributed by atoms with Crippen LogP contribution in [0.4, 0.5) is 0 Å².